The lowest BCUT2D eigenvalue weighted by Gasteiger charge is -2.24. The van der Waals surface area contributed by atoms with Crippen LogP contribution in [0.2, 0.25) is 5.15 Å². The number of alkyl halides is 4. The molecule has 0 saturated carbocycles. The Balaban J connectivity index is 2.48. The maximum atomic E-state index is 13.5. The summed E-state index contributed by atoms with van der Waals surface area (Å²) in [5.74, 6) is -1.57. The molecule has 2 aromatic rings. The Hall–Kier alpha value is -2.32. The molecular formula is C20H20Cl2F3N3O2. The zero-order valence-electron chi connectivity index (χ0n) is 16.3. The van der Waals surface area contributed by atoms with Crippen LogP contribution in [-0.4, -0.2) is 29.2 Å². The second-order valence-electron chi connectivity index (χ2n) is 6.92. The number of rotatable bonds is 7. The fourth-order valence-corrected chi connectivity index (χ4v) is 2.90. The van der Waals surface area contributed by atoms with Gasteiger partial charge in [0, 0.05) is 24.0 Å². The van der Waals surface area contributed by atoms with E-state index in [1.54, 1.807) is 0 Å². The third-order valence-electron chi connectivity index (χ3n) is 4.17. The van der Waals surface area contributed by atoms with Crippen molar-refractivity contribution in [1.82, 2.24) is 4.98 Å². The number of halogens is 5. The Kier molecular flexibility index (Phi) is 8.09. The summed E-state index contributed by atoms with van der Waals surface area (Å²) in [6, 6.07) is 5.76. The van der Waals surface area contributed by atoms with Crippen molar-refractivity contribution in [2.45, 2.75) is 26.4 Å². The molecule has 0 aliphatic carbocycles. The lowest BCUT2D eigenvalue weighted by atomic mass is 10.1. The summed E-state index contributed by atoms with van der Waals surface area (Å²) >= 11 is 11.6. The standard InChI is InChI=1S/C20H20Cl2F3N3O2/c1-12(2)5-7-28(17(29)11-21)15-9-13(8-14(10-15)20(23,24)25)19(30)27-16-4-3-6-26-18(16)22/h3-4,6,8-10,12H,5,7,11H2,1-2H3,(H,27,30). The molecule has 0 aliphatic rings. The summed E-state index contributed by atoms with van der Waals surface area (Å²) < 4.78 is 40.4. The van der Waals surface area contributed by atoms with Crippen molar-refractivity contribution in [1.29, 1.82) is 0 Å². The molecule has 2 amide bonds. The molecule has 30 heavy (non-hydrogen) atoms. The number of carbonyl (C=O) groups is 2. The van der Waals surface area contributed by atoms with E-state index in [2.05, 4.69) is 10.3 Å². The molecule has 0 spiro atoms. The van der Waals surface area contributed by atoms with E-state index in [1.165, 1.54) is 24.4 Å². The Morgan fingerprint density at radius 2 is 1.93 bits per heavy atom. The molecule has 10 heteroatoms. The first kappa shape index (κ1) is 24.0. The Labute approximate surface area is 182 Å². The molecule has 1 aromatic heterocycles. The number of hydrogen-bond acceptors (Lipinski definition) is 3. The third-order valence-corrected chi connectivity index (χ3v) is 4.70. The molecule has 0 saturated heterocycles. The highest BCUT2D eigenvalue weighted by atomic mass is 35.5. The van der Waals surface area contributed by atoms with E-state index in [1.807, 2.05) is 13.8 Å². The van der Waals surface area contributed by atoms with Crippen LogP contribution in [-0.2, 0) is 11.0 Å². The number of nitrogens with one attached hydrogen (secondary N) is 1. The van der Waals surface area contributed by atoms with Crippen molar-refractivity contribution in [2.75, 3.05) is 22.6 Å². The lowest BCUT2D eigenvalue weighted by Crippen LogP contribution is -2.34. The van der Waals surface area contributed by atoms with Crippen LogP contribution in [0, 0.1) is 5.92 Å². The number of nitrogens with zero attached hydrogens (tertiary/aromatic N) is 2. The molecule has 2 rings (SSSR count). The molecule has 0 fully saturated rings. The summed E-state index contributed by atoms with van der Waals surface area (Å²) in [5.41, 5.74) is -1.24. The van der Waals surface area contributed by atoms with Gasteiger partial charge in [-0.1, -0.05) is 25.4 Å². The molecule has 1 aromatic carbocycles. The summed E-state index contributed by atoms with van der Waals surface area (Å²) in [7, 11) is 0. The molecule has 0 bridgehead atoms. The van der Waals surface area contributed by atoms with Crippen LogP contribution in [0.15, 0.2) is 36.5 Å². The fourth-order valence-electron chi connectivity index (χ4n) is 2.59. The van der Waals surface area contributed by atoms with Crippen LogP contribution in [0.4, 0.5) is 24.5 Å². The van der Waals surface area contributed by atoms with Gasteiger partial charge in [-0.3, -0.25) is 9.59 Å². The molecule has 0 atom stereocenters. The summed E-state index contributed by atoms with van der Waals surface area (Å²) in [4.78, 5) is 29.9. The second kappa shape index (κ2) is 10.1. The first-order chi connectivity index (χ1) is 14.0. The highest BCUT2D eigenvalue weighted by Gasteiger charge is 2.33. The van der Waals surface area contributed by atoms with Gasteiger partial charge in [-0.05, 0) is 42.7 Å². The van der Waals surface area contributed by atoms with Crippen molar-refractivity contribution < 1.29 is 22.8 Å². The highest BCUT2D eigenvalue weighted by Crippen LogP contribution is 2.34. The van der Waals surface area contributed by atoms with Gasteiger partial charge in [-0.2, -0.15) is 13.2 Å². The lowest BCUT2D eigenvalue weighted by molar-refractivity contribution is -0.137. The third kappa shape index (κ3) is 6.34. The minimum Gasteiger partial charge on any atom is -0.319 e. The van der Waals surface area contributed by atoms with E-state index in [9.17, 15) is 22.8 Å². The van der Waals surface area contributed by atoms with Crippen LogP contribution in [0.25, 0.3) is 0 Å². The maximum Gasteiger partial charge on any atom is 0.416 e. The second-order valence-corrected chi connectivity index (χ2v) is 7.55. The molecule has 1 N–H and O–H groups in total. The van der Waals surface area contributed by atoms with Gasteiger partial charge in [0.25, 0.3) is 5.91 Å². The van der Waals surface area contributed by atoms with E-state index < -0.39 is 29.4 Å². The van der Waals surface area contributed by atoms with Crippen molar-refractivity contribution in [3.05, 3.63) is 52.8 Å². The molecular weight excluding hydrogens is 442 g/mol. The average molecular weight is 462 g/mol. The van der Waals surface area contributed by atoms with Gasteiger partial charge >= 0.3 is 6.18 Å². The number of amides is 2. The van der Waals surface area contributed by atoms with Crippen LogP contribution < -0.4 is 10.2 Å². The normalized spacial score (nSPS) is 11.5. The first-order valence-corrected chi connectivity index (χ1v) is 9.94. The smallest absolute Gasteiger partial charge is 0.319 e. The number of pyridine rings is 1. The fraction of sp³-hybridized carbons (Fsp3) is 0.350. The zero-order chi connectivity index (χ0) is 22.5. The monoisotopic (exact) mass is 461 g/mol. The molecule has 1 heterocycles. The molecule has 0 aliphatic heterocycles. The van der Waals surface area contributed by atoms with Gasteiger partial charge in [0.1, 0.15) is 5.88 Å². The predicted octanol–water partition coefficient (Wildman–Crippen LogP) is 5.62. The van der Waals surface area contributed by atoms with Crippen LogP contribution in [0.3, 0.4) is 0 Å². The van der Waals surface area contributed by atoms with Gasteiger partial charge in [-0.15, -0.1) is 11.6 Å². The topological polar surface area (TPSA) is 62.3 Å². The van der Waals surface area contributed by atoms with E-state index in [0.29, 0.717) is 6.42 Å². The van der Waals surface area contributed by atoms with Gasteiger partial charge in [0.2, 0.25) is 5.91 Å². The molecule has 0 radical (unpaired) electrons. The number of anilines is 2. The van der Waals surface area contributed by atoms with E-state index in [0.717, 1.165) is 17.0 Å². The Bertz CT molecular complexity index is 920. The van der Waals surface area contributed by atoms with Crippen molar-refractivity contribution in [3.63, 3.8) is 0 Å². The maximum absolute atomic E-state index is 13.5. The Morgan fingerprint density at radius 1 is 1.23 bits per heavy atom. The van der Waals surface area contributed by atoms with E-state index in [4.69, 9.17) is 23.2 Å². The van der Waals surface area contributed by atoms with E-state index >= 15 is 0 Å². The minimum atomic E-state index is -4.72. The minimum absolute atomic E-state index is 0.00562. The van der Waals surface area contributed by atoms with Gasteiger partial charge in [0.15, 0.2) is 5.15 Å². The van der Waals surface area contributed by atoms with Crippen LogP contribution >= 0.6 is 23.2 Å². The molecule has 162 valence electrons. The SMILES string of the molecule is CC(C)CCN(C(=O)CCl)c1cc(C(=O)Nc2cccnc2Cl)cc(C(F)(F)F)c1. The van der Waals surface area contributed by atoms with Gasteiger partial charge in [0.05, 0.1) is 11.3 Å². The van der Waals surface area contributed by atoms with Gasteiger partial charge < -0.3 is 10.2 Å². The van der Waals surface area contributed by atoms with Crippen molar-refractivity contribution in [2.24, 2.45) is 5.92 Å². The summed E-state index contributed by atoms with van der Waals surface area (Å²) in [6.07, 6.45) is -2.76. The summed E-state index contributed by atoms with van der Waals surface area (Å²) in [5, 5.41) is 2.43. The zero-order valence-corrected chi connectivity index (χ0v) is 17.8. The van der Waals surface area contributed by atoms with Crippen LogP contribution in [0.5, 0.6) is 0 Å². The van der Waals surface area contributed by atoms with Gasteiger partial charge in [-0.25, -0.2) is 4.98 Å². The number of carbonyl (C=O) groups excluding carboxylic acids is 2. The number of hydrogen-bond donors (Lipinski definition) is 1. The largest absolute Gasteiger partial charge is 0.416 e. The Morgan fingerprint density at radius 3 is 2.50 bits per heavy atom. The van der Waals surface area contributed by atoms with Crippen molar-refractivity contribution >= 4 is 46.4 Å². The summed E-state index contributed by atoms with van der Waals surface area (Å²) in [6.45, 7) is 4.01. The van der Waals surface area contributed by atoms with E-state index in [-0.39, 0.29) is 34.6 Å². The number of aromatic nitrogens is 1. The average Bonchev–Trinajstić information content (AvgIpc) is 2.68. The first-order valence-electron chi connectivity index (χ1n) is 9.03. The van der Waals surface area contributed by atoms with Crippen LogP contribution in [0.1, 0.15) is 36.2 Å². The quantitative estimate of drug-likeness (QED) is 0.429. The predicted molar refractivity (Wildman–Crippen MR) is 111 cm³/mol. The molecule has 0 unspecified atom stereocenters. The molecule has 5 nitrogen and oxygen atoms in total. The number of benzene rings is 1. The van der Waals surface area contributed by atoms with Crippen molar-refractivity contribution in [3.8, 4) is 0 Å². The highest BCUT2D eigenvalue weighted by molar-refractivity contribution is 6.32.